The van der Waals surface area contributed by atoms with Crippen LogP contribution in [0.1, 0.15) is 41.2 Å². The Morgan fingerprint density at radius 1 is 0.976 bits per heavy atom. The van der Waals surface area contributed by atoms with Crippen molar-refractivity contribution in [3.05, 3.63) is 100 Å². The van der Waals surface area contributed by atoms with Gasteiger partial charge >= 0.3 is 0 Å². The molecule has 42 heavy (non-hydrogen) atoms. The molecular formula is C33H33FN4O3S. The second-order valence-electron chi connectivity index (χ2n) is 9.98. The third-order valence-corrected chi connectivity index (χ3v) is 8.31. The van der Waals surface area contributed by atoms with Crippen LogP contribution in [0.25, 0.3) is 21.3 Å². The van der Waals surface area contributed by atoms with Crippen LogP contribution in [-0.4, -0.2) is 30.1 Å². The van der Waals surface area contributed by atoms with Gasteiger partial charge in [0.05, 0.1) is 25.8 Å². The number of rotatable bonds is 11. The van der Waals surface area contributed by atoms with Crippen molar-refractivity contribution in [2.24, 2.45) is 0 Å². The normalized spacial score (nSPS) is 11.7. The van der Waals surface area contributed by atoms with Gasteiger partial charge in [-0.2, -0.15) is 0 Å². The maximum absolute atomic E-state index is 14.2. The molecule has 1 atom stereocenters. The Kier molecular flexibility index (Phi) is 8.97. The minimum Gasteiger partial charge on any atom is -0.493 e. The fraction of sp³-hybridized carbons (Fsp3) is 0.242. The summed E-state index contributed by atoms with van der Waals surface area (Å²) in [6, 6.07) is 22.3. The Morgan fingerprint density at radius 2 is 1.74 bits per heavy atom. The first-order valence-electron chi connectivity index (χ1n) is 13.7. The number of carbonyl (C=O) groups excluding carboxylic acids is 1. The number of carbonyl (C=O) groups is 1. The van der Waals surface area contributed by atoms with E-state index in [-0.39, 0.29) is 24.3 Å². The lowest BCUT2D eigenvalue weighted by Gasteiger charge is -2.17. The summed E-state index contributed by atoms with van der Waals surface area (Å²) in [6.07, 6.45) is 1.03. The van der Waals surface area contributed by atoms with E-state index >= 15 is 0 Å². The molecular weight excluding hydrogens is 551 g/mol. The van der Waals surface area contributed by atoms with E-state index in [0.29, 0.717) is 36.0 Å². The number of hydrogen-bond donors (Lipinski definition) is 2. The number of amides is 1. The summed E-state index contributed by atoms with van der Waals surface area (Å²) >= 11 is 1.61. The first kappa shape index (κ1) is 29.0. The van der Waals surface area contributed by atoms with Gasteiger partial charge in [-0.05, 0) is 67.3 Å². The predicted octanol–water partition coefficient (Wildman–Crippen LogP) is 7.25. The molecule has 2 aromatic heterocycles. The van der Waals surface area contributed by atoms with Gasteiger partial charge in [0.15, 0.2) is 11.5 Å². The van der Waals surface area contributed by atoms with Crippen molar-refractivity contribution in [3.63, 3.8) is 0 Å². The molecule has 5 rings (SSSR count). The summed E-state index contributed by atoms with van der Waals surface area (Å²) in [7, 11) is 3.20. The summed E-state index contributed by atoms with van der Waals surface area (Å²) in [5, 5.41) is 7.32. The number of anilines is 1. The van der Waals surface area contributed by atoms with E-state index in [1.165, 1.54) is 12.1 Å². The molecule has 0 spiro atoms. The van der Waals surface area contributed by atoms with Gasteiger partial charge in [-0.25, -0.2) is 14.4 Å². The summed E-state index contributed by atoms with van der Waals surface area (Å²) < 4.78 is 25.2. The Labute approximate surface area is 248 Å². The fourth-order valence-corrected chi connectivity index (χ4v) is 5.89. The van der Waals surface area contributed by atoms with Gasteiger partial charge in [0.25, 0.3) is 0 Å². The van der Waals surface area contributed by atoms with E-state index in [1.807, 2.05) is 55.5 Å². The van der Waals surface area contributed by atoms with Crippen molar-refractivity contribution in [1.29, 1.82) is 0 Å². The Morgan fingerprint density at radius 3 is 2.50 bits per heavy atom. The molecule has 0 aliphatic rings. The molecule has 0 saturated heterocycles. The number of thiophene rings is 1. The Balaban J connectivity index is 1.32. The number of hydrogen-bond acceptors (Lipinski definition) is 7. The molecule has 2 heterocycles. The molecule has 2 N–H and O–H groups in total. The quantitative estimate of drug-likeness (QED) is 0.170. The molecule has 0 fully saturated rings. The SMILES string of the molecule is COc1cc2nc(C)nc(NC(C)c3ccc(-c4ccc(F)cc4CNC(=O)CCc4ccccc4)s3)c2cc1OC. The fourth-order valence-electron chi connectivity index (χ4n) is 4.82. The van der Waals surface area contributed by atoms with Crippen LogP contribution in [0.3, 0.4) is 0 Å². The number of nitrogens with one attached hydrogen (secondary N) is 2. The average molecular weight is 585 g/mol. The number of benzene rings is 3. The van der Waals surface area contributed by atoms with Crippen LogP contribution in [0.15, 0.2) is 72.8 Å². The zero-order valence-electron chi connectivity index (χ0n) is 24.0. The zero-order valence-corrected chi connectivity index (χ0v) is 24.8. The van der Waals surface area contributed by atoms with Crippen LogP contribution in [-0.2, 0) is 17.8 Å². The highest BCUT2D eigenvalue weighted by Gasteiger charge is 2.17. The van der Waals surface area contributed by atoms with Gasteiger partial charge in [0, 0.05) is 34.2 Å². The average Bonchev–Trinajstić information content (AvgIpc) is 3.49. The van der Waals surface area contributed by atoms with Crippen molar-refractivity contribution in [1.82, 2.24) is 15.3 Å². The Hall–Kier alpha value is -4.50. The van der Waals surface area contributed by atoms with Crippen LogP contribution < -0.4 is 20.1 Å². The molecule has 0 aliphatic heterocycles. The molecule has 0 aliphatic carbocycles. The summed E-state index contributed by atoms with van der Waals surface area (Å²) in [5.74, 6) is 2.13. The van der Waals surface area contributed by atoms with Gasteiger partial charge in [0.1, 0.15) is 17.5 Å². The highest BCUT2D eigenvalue weighted by atomic mass is 32.1. The number of halogens is 1. The maximum atomic E-state index is 14.2. The number of aryl methyl sites for hydroxylation is 2. The van der Waals surface area contributed by atoms with Gasteiger partial charge < -0.3 is 20.1 Å². The Bertz CT molecular complexity index is 1710. The van der Waals surface area contributed by atoms with Gasteiger partial charge in [0.2, 0.25) is 5.91 Å². The van der Waals surface area contributed by atoms with Crippen LogP contribution in [0.2, 0.25) is 0 Å². The molecule has 0 radical (unpaired) electrons. The molecule has 0 bridgehead atoms. The van der Waals surface area contributed by atoms with Crippen molar-refractivity contribution >= 4 is 34.0 Å². The number of aromatic nitrogens is 2. The van der Waals surface area contributed by atoms with Crippen molar-refractivity contribution in [2.75, 3.05) is 19.5 Å². The van der Waals surface area contributed by atoms with E-state index < -0.39 is 0 Å². The molecule has 1 unspecified atom stereocenters. The maximum Gasteiger partial charge on any atom is 0.220 e. The van der Waals surface area contributed by atoms with E-state index in [4.69, 9.17) is 9.47 Å². The van der Waals surface area contributed by atoms with E-state index in [1.54, 1.807) is 31.6 Å². The second kappa shape index (κ2) is 13.0. The lowest BCUT2D eigenvalue weighted by Crippen LogP contribution is -2.23. The number of nitrogens with zero attached hydrogens (tertiary/aromatic N) is 2. The first-order chi connectivity index (χ1) is 20.3. The van der Waals surface area contributed by atoms with Gasteiger partial charge in [-0.15, -0.1) is 11.3 Å². The second-order valence-corrected chi connectivity index (χ2v) is 11.1. The molecule has 1 amide bonds. The largest absolute Gasteiger partial charge is 0.493 e. The topological polar surface area (TPSA) is 85.4 Å². The van der Waals surface area contributed by atoms with Crippen LogP contribution >= 0.6 is 11.3 Å². The molecule has 0 saturated carbocycles. The molecule has 7 nitrogen and oxygen atoms in total. The number of fused-ring (bicyclic) bond motifs is 1. The molecule has 9 heteroatoms. The van der Waals surface area contributed by atoms with Crippen molar-refractivity contribution in [3.8, 4) is 21.9 Å². The number of methoxy groups -OCH3 is 2. The zero-order chi connectivity index (χ0) is 29.6. The molecule has 216 valence electrons. The van der Waals surface area contributed by atoms with E-state index in [0.717, 1.165) is 37.3 Å². The van der Waals surface area contributed by atoms with Crippen LogP contribution in [0.4, 0.5) is 10.2 Å². The summed E-state index contributed by atoms with van der Waals surface area (Å²) in [5.41, 5.74) is 3.49. The lowest BCUT2D eigenvalue weighted by atomic mass is 10.1. The van der Waals surface area contributed by atoms with Crippen molar-refractivity contribution < 1.29 is 18.7 Å². The number of ether oxygens (including phenoxy) is 2. The smallest absolute Gasteiger partial charge is 0.220 e. The first-order valence-corrected chi connectivity index (χ1v) is 14.5. The minimum absolute atomic E-state index is 0.0691. The van der Waals surface area contributed by atoms with Gasteiger partial charge in [-0.1, -0.05) is 36.4 Å². The van der Waals surface area contributed by atoms with Crippen molar-refractivity contribution in [2.45, 2.75) is 39.3 Å². The summed E-state index contributed by atoms with van der Waals surface area (Å²) in [6.45, 7) is 4.17. The third kappa shape index (κ3) is 6.69. The van der Waals surface area contributed by atoms with Crippen LogP contribution in [0.5, 0.6) is 11.5 Å². The minimum atomic E-state index is -0.336. The third-order valence-electron chi connectivity index (χ3n) is 7.01. The highest BCUT2D eigenvalue weighted by molar-refractivity contribution is 7.15. The van der Waals surface area contributed by atoms with E-state index in [9.17, 15) is 9.18 Å². The molecule has 3 aromatic carbocycles. The molecule has 5 aromatic rings. The van der Waals surface area contributed by atoms with Gasteiger partial charge in [-0.3, -0.25) is 4.79 Å². The standard InChI is InChI=1S/C33H33FN4O3S/c1-20(36-33-26-17-28(40-3)29(41-4)18-27(26)37-21(2)38-33)30-13-14-31(42-30)25-12-11-24(34)16-23(25)19-35-32(39)15-10-22-8-6-5-7-9-22/h5-9,11-14,16-18,20H,10,15,19H2,1-4H3,(H,35,39)(H,36,37,38). The lowest BCUT2D eigenvalue weighted by molar-refractivity contribution is -0.121. The van der Waals surface area contributed by atoms with Crippen LogP contribution in [0, 0.1) is 12.7 Å². The highest BCUT2D eigenvalue weighted by Crippen LogP contribution is 2.37. The summed E-state index contributed by atoms with van der Waals surface area (Å²) in [4.78, 5) is 23.9. The predicted molar refractivity (Wildman–Crippen MR) is 166 cm³/mol. The monoisotopic (exact) mass is 584 g/mol. The van der Waals surface area contributed by atoms with E-state index in [2.05, 4.69) is 33.6 Å².